The number of rotatable bonds is 3. The Kier molecular flexibility index (Phi) is 3.12. The Hall–Kier alpha value is -2.39. The fourth-order valence-electron chi connectivity index (χ4n) is 2.20. The summed E-state index contributed by atoms with van der Waals surface area (Å²) in [5, 5.41) is 15.6. The molecule has 0 bridgehead atoms. The first-order valence-electron chi connectivity index (χ1n) is 6.23. The lowest BCUT2D eigenvalue weighted by Crippen LogP contribution is -2.26. The van der Waals surface area contributed by atoms with Gasteiger partial charge in [-0.1, -0.05) is 0 Å². The largest absolute Gasteiger partial charge is 0.364 e. The third-order valence-corrected chi connectivity index (χ3v) is 3.14. The molecule has 0 radical (unpaired) electrons. The first-order valence-corrected chi connectivity index (χ1v) is 6.23. The summed E-state index contributed by atoms with van der Waals surface area (Å²) < 4.78 is 0. The maximum Gasteiger partial charge on any atom is 0.234 e. The Morgan fingerprint density at radius 1 is 1.42 bits per heavy atom. The molecule has 0 atom stereocenters. The second-order valence-electron chi connectivity index (χ2n) is 4.41. The number of aromatic amines is 1. The van der Waals surface area contributed by atoms with Crippen LogP contribution in [0.25, 0.3) is 0 Å². The Morgan fingerprint density at radius 3 is 3.16 bits per heavy atom. The molecule has 0 saturated carbocycles. The molecule has 0 amide bonds. The van der Waals surface area contributed by atoms with Gasteiger partial charge in [0.15, 0.2) is 0 Å². The van der Waals surface area contributed by atoms with Gasteiger partial charge in [-0.05, 0) is 12.1 Å². The zero-order valence-corrected chi connectivity index (χ0v) is 10.4. The molecule has 1 aliphatic rings. The number of nitrogens with zero attached hydrogens (tertiary/aromatic N) is 3. The van der Waals surface area contributed by atoms with Crippen LogP contribution >= 0.6 is 0 Å². The molecule has 6 heteroatoms. The van der Waals surface area contributed by atoms with E-state index in [4.69, 9.17) is 5.26 Å². The molecule has 3 N–H and O–H groups in total. The molecule has 6 nitrogen and oxygen atoms in total. The summed E-state index contributed by atoms with van der Waals surface area (Å²) in [6.07, 6.45) is 2.72. The topological polar surface area (TPSA) is 89.4 Å². The van der Waals surface area contributed by atoms with Gasteiger partial charge in [0.25, 0.3) is 0 Å². The summed E-state index contributed by atoms with van der Waals surface area (Å²) in [6, 6.07) is 5.98. The molecular weight excluding hydrogens is 240 g/mol. The van der Waals surface area contributed by atoms with Gasteiger partial charge in [-0.2, -0.15) is 5.26 Å². The van der Waals surface area contributed by atoms with Crippen LogP contribution in [0.1, 0.15) is 22.8 Å². The number of nitriles is 1. The molecule has 2 aromatic heterocycles. The minimum absolute atomic E-state index is 0.231. The maximum atomic E-state index is 8.99. The minimum atomic E-state index is 0.231. The number of anilines is 1. The normalized spacial score (nSPS) is 13.6. The van der Waals surface area contributed by atoms with Gasteiger partial charge in [-0.15, -0.1) is 0 Å². The molecule has 2 aromatic rings. The van der Waals surface area contributed by atoms with Crippen molar-refractivity contribution in [2.45, 2.75) is 19.5 Å². The standard InChI is InChI=1S/C13H14N6/c14-6-12-18-11-3-5-15-8-10(11)13(19-12)17-7-9-2-1-4-16-9/h1-2,4,15-16H,3,5,7-8H2,(H,17,18,19). The number of hydrogen-bond acceptors (Lipinski definition) is 5. The molecule has 0 saturated heterocycles. The fourth-order valence-corrected chi connectivity index (χ4v) is 2.20. The van der Waals surface area contributed by atoms with Gasteiger partial charge >= 0.3 is 0 Å². The van der Waals surface area contributed by atoms with Crippen molar-refractivity contribution in [3.63, 3.8) is 0 Å². The zero-order valence-electron chi connectivity index (χ0n) is 10.4. The average Bonchev–Trinajstić information content (AvgIpc) is 2.97. The number of aromatic nitrogens is 3. The van der Waals surface area contributed by atoms with Crippen molar-refractivity contribution >= 4 is 5.82 Å². The van der Waals surface area contributed by atoms with Crippen LogP contribution in [0.2, 0.25) is 0 Å². The lowest BCUT2D eigenvalue weighted by molar-refractivity contribution is 0.625. The molecule has 0 aliphatic carbocycles. The van der Waals surface area contributed by atoms with Crippen LogP contribution in [-0.2, 0) is 19.5 Å². The van der Waals surface area contributed by atoms with Crippen LogP contribution in [0.15, 0.2) is 18.3 Å². The first kappa shape index (κ1) is 11.7. The summed E-state index contributed by atoms with van der Waals surface area (Å²) in [4.78, 5) is 11.7. The number of hydrogen-bond donors (Lipinski definition) is 3. The highest BCUT2D eigenvalue weighted by molar-refractivity contribution is 5.49. The van der Waals surface area contributed by atoms with E-state index in [1.165, 1.54) is 0 Å². The summed E-state index contributed by atoms with van der Waals surface area (Å²) in [7, 11) is 0. The summed E-state index contributed by atoms with van der Waals surface area (Å²) in [5.74, 6) is 0.984. The van der Waals surface area contributed by atoms with Crippen LogP contribution in [0.5, 0.6) is 0 Å². The van der Waals surface area contributed by atoms with Crippen molar-refractivity contribution in [2.24, 2.45) is 0 Å². The Balaban J connectivity index is 1.88. The van der Waals surface area contributed by atoms with E-state index >= 15 is 0 Å². The van der Waals surface area contributed by atoms with E-state index in [1.54, 1.807) is 0 Å². The average molecular weight is 254 g/mol. The second-order valence-corrected chi connectivity index (χ2v) is 4.41. The predicted octanol–water partition coefficient (Wildman–Crippen LogP) is 0.934. The summed E-state index contributed by atoms with van der Waals surface area (Å²) in [6.45, 7) is 2.29. The monoisotopic (exact) mass is 254 g/mol. The second kappa shape index (κ2) is 5.08. The zero-order chi connectivity index (χ0) is 13.1. The van der Waals surface area contributed by atoms with E-state index in [1.807, 2.05) is 24.4 Å². The van der Waals surface area contributed by atoms with Crippen molar-refractivity contribution in [1.82, 2.24) is 20.3 Å². The molecule has 0 unspecified atom stereocenters. The quantitative estimate of drug-likeness (QED) is 0.758. The van der Waals surface area contributed by atoms with E-state index < -0.39 is 0 Å². The van der Waals surface area contributed by atoms with E-state index in [9.17, 15) is 0 Å². The number of nitrogens with one attached hydrogen (secondary N) is 3. The van der Waals surface area contributed by atoms with Gasteiger partial charge in [0.2, 0.25) is 5.82 Å². The molecule has 0 fully saturated rings. The van der Waals surface area contributed by atoms with Crippen LogP contribution in [0.3, 0.4) is 0 Å². The Morgan fingerprint density at radius 2 is 2.37 bits per heavy atom. The predicted molar refractivity (Wildman–Crippen MR) is 70.3 cm³/mol. The van der Waals surface area contributed by atoms with E-state index in [-0.39, 0.29) is 5.82 Å². The fraction of sp³-hybridized carbons (Fsp3) is 0.308. The molecule has 0 spiro atoms. The molecule has 0 aromatic carbocycles. The summed E-state index contributed by atoms with van der Waals surface area (Å²) >= 11 is 0. The van der Waals surface area contributed by atoms with Crippen LogP contribution < -0.4 is 10.6 Å². The molecular formula is C13H14N6. The SMILES string of the molecule is N#Cc1nc2c(c(NCc3ccc[nH]3)n1)CNCC2. The van der Waals surface area contributed by atoms with Gasteiger partial charge < -0.3 is 15.6 Å². The van der Waals surface area contributed by atoms with Crippen LogP contribution in [0, 0.1) is 11.3 Å². The number of fused-ring (bicyclic) bond motifs is 1. The lowest BCUT2D eigenvalue weighted by atomic mass is 10.1. The van der Waals surface area contributed by atoms with Crippen molar-refractivity contribution in [2.75, 3.05) is 11.9 Å². The van der Waals surface area contributed by atoms with Crippen molar-refractivity contribution in [1.29, 1.82) is 5.26 Å². The highest BCUT2D eigenvalue weighted by Crippen LogP contribution is 2.20. The van der Waals surface area contributed by atoms with Crippen molar-refractivity contribution in [3.05, 3.63) is 41.1 Å². The van der Waals surface area contributed by atoms with Gasteiger partial charge in [0.1, 0.15) is 11.9 Å². The Labute approximate surface area is 110 Å². The molecule has 19 heavy (non-hydrogen) atoms. The van der Waals surface area contributed by atoms with Gasteiger partial charge in [-0.25, -0.2) is 9.97 Å². The van der Waals surface area contributed by atoms with E-state index in [2.05, 4.69) is 25.6 Å². The first-order chi connectivity index (χ1) is 9.36. The molecule has 3 rings (SSSR count). The molecule has 1 aliphatic heterocycles. The van der Waals surface area contributed by atoms with Gasteiger partial charge in [0, 0.05) is 37.0 Å². The lowest BCUT2D eigenvalue weighted by Gasteiger charge is -2.19. The Bertz CT molecular complexity index is 611. The number of H-pyrrole nitrogens is 1. The maximum absolute atomic E-state index is 8.99. The van der Waals surface area contributed by atoms with E-state index in [0.717, 1.165) is 42.3 Å². The van der Waals surface area contributed by atoms with E-state index in [0.29, 0.717) is 6.54 Å². The third kappa shape index (κ3) is 2.41. The van der Waals surface area contributed by atoms with Crippen LogP contribution in [-0.4, -0.2) is 21.5 Å². The van der Waals surface area contributed by atoms with Crippen molar-refractivity contribution in [3.8, 4) is 6.07 Å². The van der Waals surface area contributed by atoms with Gasteiger partial charge in [0.05, 0.1) is 12.2 Å². The van der Waals surface area contributed by atoms with Gasteiger partial charge in [-0.3, -0.25) is 0 Å². The van der Waals surface area contributed by atoms with Crippen LogP contribution in [0.4, 0.5) is 5.82 Å². The minimum Gasteiger partial charge on any atom is -0.364 e. The smallest absolute Gasteiger partial charge is 0.234 e. The molecule has 96 valence electrons. The summed E-state index contributed by atoms with van der Waals surface area (Å²) in [5.41, 5.74) is 3.12. The third-order valence-electron chi connectivity index (χ3n) is 3.14. The van der Waals surface area contributed by atoms with Crippen molar-refractivity contribution < 1.29 is 0 Å². The highest BCUT2D eigenvalue weighted by atomic mass is 15.1. The molecule has 3 heterocycles. The highest BCUT2D eigenvalue weighted by Gasteiger charge is 2.17.